The highest BCUT2D eigenvalue weighted by atomic mass is 32.1. The molecule has 2 rings (SSSR count). The van der Waals surface area contributed by atoms with E-state index in [9.17, 15) is 9.90 Å². The molecule has 0 aliphatic rings. The minimum Gasteiger partial charge on any atom is -0.478 e. The Morgan fingerprint density at radius 2 is 2.28 bits per heavy atom. The molecule has 0 bridgehead atoms. The normalized spacial score (nSPS) is 10.3. The fraction of sp³-hybridized carbons (Fsp3) is 0.250. The van der Waals surface area contributed by atoms with Gasteiger partial charge < -0.3 is 10.4 Å². The molecule has 5 nitrogen and oxygen atoms in total. The van der Waals surface area contributed by atoms with Crippen molar-refractivity contribution >= 4 is 23.0 Å². The lowest BCUT2D eigenvalue weighted by Gasteiger charge is -2.11. The van der Waals surface area contributed by atoms with E-state index < -0.39 is 5.97 Å². The summed E-state index contributed by atoms with van der Waals surface area (Å²) >= 11 is 1.53. The zero-order valence-electron chi connectivity index (χ0n) is 10.1. The number of nitrogens with zero attached hydrogens (tertiary/aromatic N) is 2. The van der Waals surface area contributed by atoms with Gasteiger partial charge in [0, 0.05) is 16.8 Å². The van der Waals surface area contributed by atoms with Crippen LogP contribution in [-0.2, 0) is 6.54 Å². The fourth-order valence-corrected chi connectivity index (χ4v) is 2.28. The highest BCUT2D eigenvalue weighted by molar-refractivity contribution is 7.09. The van der Waals surface area contributed by atoms with E-state index in [1.807, 2.05) is 6.92 Å². The van der Waals surface area contributed by atoms with Gasteiger partial charge in [-0.25, -0.2) is 4.79 Å². The number of aryl methyl sites for hydroxylation is 2. The van der Waals surface area contributed by atoms with E-state index in [0.29, 0.717) is 17.9 Å². The molecule has 0 saturated carbocycles. The zero-order chi connectivity index (χ0) is 13.1. The third-order valence-electron chi connectivity index (χ3n) is 2.48. The van der Waals surface area contributed by atoms with E-state index in [1.54, 1.807) is 24.7 Å². The van der Waals surface area contributed by atoms with Gasteiger partial charge in [0.2, 0.25) is 0 Å². The number of thiazole rings is 1. The summed E-state index contributed by atoms with van der Waals surface area (Å²) in [6, 6.07) is 1.75. The number of aromatic nitrogens is 2. The Kier molecular flexibility index (Phi) is 3.57. The summed E-state index contributed by atoms with van der Waals surface area (Å²) in [5, 5.41) is 12.3. The van der Waals surface area contributed by atoms with Crippen molar-refractivity contribution in [3.05, 3.63) is 39.6 Å². The number of carbonyl (C=O) groups is 1. The molecule has 0 aliphatic heterocycles. The van der Waals surface area contributed by atoms with Gasteiger partial charge >= 0.3 is 5.97 Å². The molecule has 2 heterocycles. The van der Waals surface area contributed by atoms with Crippen LogP contribution in [0.1, 0.15) is 26.6 Å². The number of aromatic carboxylic acids is 1. The molecule has 2 aromatic heterocycles. The SMILES string of the molecule is Cc1cc(NCc2cncs2)c(C(=O)O)c(C)n1. The molecule has 0 aromatic carbocycles. The first kappa shape index (κ1) is 12.5. The fourth-order valence-electron chi connectivity index (χ4n) is 1.75. The number of anilines is 1. The van der Waals surface area contributed by atoms with Crippen LogP contribution in [0.25, 0.3) is 0 Å². The predicted molar refractivity (Wildman–Crippen MR) is 70.1 cm³/mol. The summed E-state index contributed by atoms with van der Waals surface area (Å²) in [5.41, 5.74) is 3.89. The van der Waals surface area contributed by atoms with Gasteiger partial charge in [0.25, 0.3) is 0 Å². The van der Waals surface area contributed by atoms with Gasteiger partial charge in [-0.3, -0.25) is 9.97 Å². The van der Waals surface area contributed by atoms with Gasteiger partial charge in [-0.15, -0.1) is 11.3 Å². The van der Waals surface area contributed by atoms with Gasteiger partial charge in [0.05, 0.1) is 23.4 Å². The first-order chi connectivity index (χ1) is 8.58. The minimum atomic E-state index is -0.966. The second-order valence-electron chi connectivity index (χ2n) is 3.90. The summed E-state index contributed by atoms with van der Waals surface area (Å²) in [6.45, 7) is 4.11. The third kappa shape index (κ3) is 2.65. The van der Waals surface area contributed by atoms with Crippen molar-refractivity contribution in [3.63, 3.8) is 0 Å². The lowest BCUT2D eigenvalue weighted by Crippen LogP contribution is -2.10. The average molecular weight is 263 g/mol. The maximum atomic E-state index is 11.2. The van der Waals surface area contributed by atoms with E-state index in [0.717, 1.165) is 10.6 Å². The first-order valence-electron chi connectivity index (χ1n) is 5.40. The van der Waals surface area contributed by atoms with Crippen LogP contribution in [-0.4, -0.2) is 21.0 Å². The van der Waals surface area contributed by atoms with E-state index in [-0.39, 0.29) is 5.56 Å². The molecule has 0 saturated heterocycles. The van der Waals surface area contributed by atoms with E-state index in [2.05, 4.69) is 15.3 Å². The molecule has 18 heavy (non-hydrogen) atoms. The van der Waals surface area contributed by atoms with Crippen molar-refractivity contribution in [2.75, 3.05) is 5.32 Å². The van der Waals surface area contributed by atoms with Crippen LogP contribution in [0.3, 0.4) is 0 Å². The van der Waals surface area contributed by atoms with Gasteiger partial charge in [-0.1, -0.05) is 0 Å². The van der Waals surface area contributed by atoms with E-state index in [1.165, 1.54) is 11.3 Å². The Bertz CT molecular complexity index is 567. The molecule has 0 spiro atoms. The van der Waals surface area contributed by atoms with Crippen molar-refractivity contribution < 1.29 is 9.90 Å². The summed E-state index contributed by atoms with van der Waals surface area (Å²) in [6.07, 6.45) is 1.76. The van der Waals surface area contributed by atoms with Gasteiger partial charge in [-0.2, -0.15) is 0 Å². The topological polar surface area (TPSA) is 75.1 Å². The molecule has 0 atom stereocenters. The molecular weight excluding hydrogens is 250 g/mol. The zero-order valence-corrected chi connectivity index (χ0v) is 10.9. The maximum Gasteiger partial charge on any atom is 0.339 e. The maximum absolute atomic E-state index is 11.2. The smallest absolute Gasteiger partial charge is 0.339 e. The Hall–Kier alpha value is -1.95. The Morgan fingerprint density at radius 1 is 1.50 bits per heavy atom. The number of hydrogen-bond donors (Lipinski definition) is 2. The molecule has 94 valence electrons. The van der Waals surface area contributed by atoms with Crippen LogP contribution in [0, 0.1) is 13.8 Å². The molecule has 0 radical (unpaired) electrons. The van der Waals surface area contributed by atoms with Crippen molar-refractivity contribution in [1.82, 2.24) is 9.97 Å². The monoisotopic (exact) mass is 263 g/mol. The van der Waals surface area contributed by atoms with Crippen molar-refractivity contribution in [2.24, 2.45) is 0 Å². The lowest BCUT2D eigenvalue weighted by atomic mass is 10.1. The number of hydrogen-bond acceptors (Lipinski definition) is 5. The van der Waals surface area contributed by atoms with E-state index >= 15 is 0 Å². The van der Waals surface area contributed by atoms with Crippen LogP contribution >= 0.6 is 11.3 Å². The van der Waals surface area contributed by atoms with Gasteiger partial charge in [0.15, 0.2) is 0 Å². The number of rotatable bonds is 4. The van der Waals surface area contributed by atoms with Crippen LogP contribution in [0.15, 0.2) is 17.8 Å². The second kappa shape index (κ2) is 5.14. The molecule has 0 unspecified atom stereocenters. The molecule has 0 aliphatic carbocycles. The summed E-state index contributed by atoms with van der Waals surface area (Å²) in [4.78, 5) is 20.4. The number of nitrogens with one attached hydrogen (secondary N) is 1. The molecule has 0 amide bonds. The van der Waals surface area contributed by atoms with E-state index in [4.69, 9.17) is 0 Å². The van der Waals surface area contributed by atoms with Crippen LogP contribution < -0.4 is 5.32 Å². The Morgan fingerprint density at radius 3 is 2.89 bits per heavy atom. The third-order valence-corrected chi connectivity index (χ3v) is 3.26. The molecule has 0 fully saturated rings. The molecule has 2 N–H and O–H groups in total. The largest absolute Gasteiger partial charge is 0.478 e. The second-order valence-corrected chi connectivity index (χ2v) is 4.87. The number of carboxylic acid groups (broad SMARTS) is 1. The highest BCUT2D eigenvalue weighted by Crippen LogP contribution is 2.21. The van der Waals surface area contributed by atoms with Crippen molar-refractivity contribution in [2.45, 2.75) is 20.4 Å². The van der Waals surface area contributed by atoms with Crippen molar-refractivity contribution in [3.8, 4) is 0 Å². The van der Waals surface area contributed by atoms with Crippen LogP contribution in [0.5, 0.6) is 0 Å². The summed E-state index contributed by atoms with van der Waals surface area (Å²) in [5.74, 6) is -0.966. The predicted octanol–water partition coefficient (Wildman–Crippen LogP) is 2.47. The van der Waals surface area contributed by atoms with Gasteiger partial charge in [-0.05, 0) is 19.9 Å². The first-order valence-corrected chi connectivity index (χ1v) is 6.28. The summed E-state index contributed by atoms with van der Waals surface area (Å²) in [7, 11) is 0. The number of pyridine rings is 1. The average Bonchev–Trinajstić information content (AvgIpc) is 2.77. The van der Waals surface area contributed by atoms with Crippen molar-refractivity contribution in [1.29, 1.82) is 0 Å². The lowest BCUT2D eigenvalue weighted by molar-refractivity contribution is 0.0696. The number of carboxylic acids is 1. The Labute approximate surface area is 109 Å². The summed E-state index contributed by atoms with van der Waals surface area (Å²) < 4.78 is 0. The Balaban J connectivity index is 2.28. The molecule has 6 heteroatoms. The molecule has 2 aromatic rings. The quantitative estimate of drug-likeness (QED) is 0.886. The van der Waals surface area contributed by atoms with Gasteiger partial charge in [0.1, 0.15) is 5.56 Å². The van der Waals surface area contributed by atoms with Crippen LogP contribution in [0.2, 0.25) is 0 Å². The standard InChI is InChI=1S/C12H13N3O2S/c1-7-3-10(11(12(16)17)8(2)15-7)14-5-9-4-13-6-18-9/h3-4,6H,5H2,1-2H3,(H,14,15)(H,16,17). The molecular formula is C12H13N3O2S. The minimum absolute atomic E-state index is 0.227. The highest BCUT2D eigenvalue weighted by Gasteiger charge is 2.15. The van der Waals surface area contributed by atoms with Crippen LogP contribution in [0.4, 0.5) is 5.69 Å².